The third-order valence-electron chi connectivity index (χ3n) is 2.78. The van der Waals surface area contributed by atoms with E-state index in [2.05, 4.69) is 4.74 Å². The highest BCUT2D eigenvalue weighted by Crippen LogP contribution is 2.44. The molecule has 0 saturated carbocycles. The summed E-state index contributed by atoms with van der Waals surface area (Å²) >= 11 is 0. The van der Waals surface area contributed by atoms with Gasteiger partial charge in [-0.15, -0.1) is 0 Å². The molecule has 0 aliphatic carbocycles. The Kier molecular flexibility index (Phi) is 5.10. The molecule has 0 spiro atoms. The summed E-state index contributed by atoms with van der Waals surface area (Å²) in [5.74, 6) is -5.97. The Labute approximate surface area is 113 Å². The lowest BCUT2D eigenvalue weighted by atomic mass is 9.84. The number of esters is 1. The van der Waals surface area contributed by atoms with Crippen LogP contribution in [0.15, 0.2) is 30.3 Å². The number of ether oxygens (including phenoxy) is 1. The molecular weight excluding hydrogens is 280 g/mol. The molecule has 1 rings (SSSR count). The van der Waals surface area contributed by atoms with Crippen LogP contribution < -0.4 is 0 Å². The van der Waals surface area contributed by atoms with E-state index in [0.717, 1.165) is 12.1 Å². The zero-order valence-electron chi connectivity index (χ0n) is 10.7. The van der Waals surface area contributed by atoms with Gasteiger partial charge in [-0.25, -0.2) is 8.78 Å². The minimum atomic E-state index is -4.79. The van der Waals surface area contributed by atoms with Gasteiger partial charge in [0.15, 0.2) is 5.60 Å². The van der Waals surface area contributed by atoms with Gasteiger partial charge in [-0.1, -0.05) is 30.3 Å². The first-order valence-corrected chi connectivity index (χ1v) is 5.85. The molecule has 0 aliphatic heterocycles. The predicted octanol–water partition coefficient (Wildman–Crippen LogP) is 2.73. The highest BCUT2D eigenvalue weighted by atomic mass is 19.3. The van der Waals surface area contributed by atoms with E-state index in [0.29, 0.717) is 0 Å². The van der Waals surface area contributed by atoms with E-state index in [1.165, 1.54) is 25.1 Å². The van der Waals surface area contributed by atoms with Crippen molar-refractivity contribution in [1.82, 2.24) is 0 Å². The highest BCUT2D eigenvalue weighted by molar-refractivity contribution is 5.71. The van der Waals surface area contributed by atoms with E-state index >= 15 is 0 Å². The second-order valence-electron chi connectivity index (χ2n) is 4.13. The number of halogens is 4. The Balaban J connectivity index is 3.23. The SMILES string of the molecule is CCOC(=O)CC(O)(c1ccccc1)C(F)(F)C(F)F. The van der Waals surface area contributed by atoms with Crippen molar-refractivity contribution in [3.8, 4) is 0 Å². The quantitative estimate of drug-likeness (QED) is 0.648. The van der Waals surface area contributed by atoms with E-state index in [1.807, 2.05) is 0 Å². The lowest BCUT2D eigenvalue weighted by Crippen LogP contribution is -2.51. The highest BCUT2D eigenvalue weighted by Gasteiger charge is 2.61. The summed E-state index contributed by atoms with van der Waals surface area (Å²) in [7, 11) is 0. The van der Waals surface area contributed by atoms with E-state index in [1.54, 1.807) is 0 Å². The van der Waals surface area contributed by atoms with E-state index in [-0.39, 0.29) is 6.61 Å². The Bertz CT molecular complexity index is 450. The molecule has 7 heteroatoms. The van der Waals surface area contributed by atoms with Crippen LogP contribution in [0.5, 0.6) is 0 Å². The number of alkyl halides is 4. The van der Waals surface area contributed by atoms with Crippen molar-refractivity contribution >= 4 is 5.97 Å². The summed E-state index contributed by atoms with van der Waals surface area (Å²) in [6.07, 6.45) is -5.38. The summed E-state index contributed by atoms with van der Waals surface area (Å²) in [4.78, 5) is 11.3. The number of rotatable bonds is 6. The van der Waals surface area contributed by atoms with Crippen LogP contribution in [0.1, 0.15) is 18.9 Å². The minimum Gasteiger partial charge on any atom is -0.466 e. The molecule has 1 unspecified atom stereocenters. The molecule has 0 bridgehead atoms. The number of hydrogen-bond acceptors (Lipinski definition) is 3. The maximum absolute atomic E-state index is 13.7. The molecule has 1 aromatic carbocycles. The fraction of sp³-hybridized carbons (Fsp3) is 0.462. The van der Waals surface area contributed by atoms with Gasteiger partial charge < -0.3 is 9.84 Å². The van der Waals surface area contributed by atoms with Crippen LogP contribution in [-0.2, 0) is 15.1 Å². The second-order valence-corrected chi connectivity index (χ2v) is 4.13. The number of carbonyl (C=O) groups excluding carboxylic acids is 1. The first kappa shape index (κ1) is 16.4. The van der Waals surface area contributed by atoms with Gasteiger partial charge in [0.2, 0.25) is 0 Å². The van der Waals surface area contributed by atoms with Gasteiger partial charge in [0.05, 0.1) is 13.0 Å². The van der Waals surface area contributed by atoms with Crippen LogP contribution in [0.25, 0.3) is 0 Å². The largest absolute Gasteiger partial charge is 0.466 e. The van der Waals surface area contributed by atoms with Crippen LogP contribution in [0, 0.1) is 0 Å². The van der Waals surface area contributed by atoms with E-state index in [9.17, 15) is 27.5 Å². The Hall–Kier alpha value is -1.63. The molecule has 0 aliphatic rings. The first-order valence-electron chi connectivity index (χ1n) is 5.85. The van der Waals surface area contributed by atoms with E-state index < -0.39 is 35.9 Å². The van der Waals surface area contributed by atoms with Gasteiger partial charge in [0.25, 0.3) is 0 Å². The number of carbonyl (C=O) groups is 1. The smallest absolute Gasteiger partial charge is 0.340 e. The molecule has 0 fully saturated rings. The molecule has 0 heterocycles. The fourth-order valence-electron chi connectivity index (χ4n) is 1.73. The third-order valence-corrected chi connectivity index (χ3v) is 2.78. The summed E-state index contributed by atoms with van der Waals surface area (Å²) in [5, 5.41) is 10.0. The molecule has 112 valence electrons. The lowest BCUT2D eigenvalue weighted by molar-refractivity contribution is -0.252. The van der Waals surface area contributed by atoms with Crippen LogP contribution in [0.2, 0.25) is 0 Å². The van der Waals surface area contributed by atoms with Crippen molar-refractivity contribution in [1.29, 1.82) is 0 Å². The topological polar surface area (TPSA) is 46.5 Å². The fourth-order valence-corrected chi connectivity index (χ4v) is 1.73. The average molecular weight is 294 g/mol. The third kappa shape index (κ3) is 3.09. The van der Waals surface area contributed by atoms with Crippen molar-refractivity contribution in [3.63, 3.8) is 0 Å². The zero-order chi connectivity index (χ0) is 15.4. The normalized spacial score (nSPS) is 14.9. The summed E-state index contributed by atoms with van der Waals surface area (Å²) in [6, 6.07) is 6.17. The van der Waals surface area contributed by atoms with Gasteiger partial charge >= 0.3 is 18.3 Å². The van der Waals surface area contributed by atoms with E-state index in [4.69, 9.17) is 0 Å². The van der Waals surface area contributed by atoms with Crippen LogP contribution in [0.3, 0.4) is 0 Å². The maximum Gasteiger partial charge on any atom is 0.340 e. The van der Waals surface area contributed by atoms with Gasteiger partial charge in [-0.2, -0.15) is 8.78 Å². The summed E-state index contributed by atoms with van der Waals surface area (Å²) < 4.78 is 56.9. The molecule has 3 nitrogen and oxygen atoms in total. The minimum absolute atomic E-state index is 0.107. The summed E-state index contributed by atoms with van der Waals surface area (Å²) in [6.45, 7) is 1.33. The standard InChI is InChI=1S/C13H14F4O3/c1-2-20-10(18)8-12(19,13(16,17)11(14)15)9-6-4-3-5-7-9/h3-7,11,19H,2,8H2,1H3. The van der Waals surface area contributed by atoms with Crippen molar-refractivity contribution in [2.75, 3.05) is 6.61 Å². The van der Waals surface area contributed by atoms with Gasteiger partial charge in [0.1, 0.15) is 0 Å². The Morgan fingerprint density at radius 2 is 1.85 bits per heavy atom. The average Bonchev–Trinajstić information content (AvgIpc) is 2.39. The Morgan fingerprint density at radius 3 is 2.30 bits per heavy atom. The second kappa shape index (κ2) is 6.21. The number of aliphatic hydroxyl groups is 1. The van der Waals surface area contributed by atoms with Crippen LogP contribution in [-0.4, -0.2) is 30.0 Å². The molecule has 0 saturated heterocycles. The maximum atomic E-state index is 13.7. The molecule has 0 aromatic heterocycles. The van der Waals surface area contributed by atoms with Crippen molar-refractivity contribution in [2.24, 2.45) is 0 Å². The van der Waals surface area contributed by atoms with Gasteiger partial charge in [0, 0.05) is 0 Å². The lowest BCUT2D eigenvalue weighted by Gasteiger charge is -2.34. The molecule has 1 aromatic rings. The van der Waals surface area contributed by atoms with Crippen LogP contribution in [0.4, 0.5) is 17.6 Å². The van der Waals surface area contributed by atoms with Crippen LogP contribution >= 0.6 is 0 Å². The van der Waals surface area contributed by atoms with Crippen molar-refractivity contribution < 1.29 is 32.2 Å². The van der Waals surface area contributed by atoms with Crippen molar-refractivity contribution in [3.05, 3.63) is 35.9 Å². The molecule has 0 radical (unpaired) electrons. The first-order chi connectivity index (χ1) is 9.25. The zero-order valence-corrected chi connectivity index (χ0v) is 10.7. The molecular formula is C13H14F4O3. The van der Waals surface area contributed by atoms with Gasteiger partial charge in [-0.05, 0) is 12.5 Å². The van der Waals surface area contributed by atoms with Gasteiger partial charge in [-0.3, -0.25) is 4.79 Å². The van der Waals surface area contributed by atoms with Crippen molar-refractivity contribution in [2.45, 2.75) is 31.3 Å². The monoisotopic (exact) mass is 294 g/mol. The Morgan fingerprint density at radius 1 is 1.30 bits per heavy atom. The molecule has 20 heavy (non-hydrogen) atoms. The number of hydrogen-bond donors (Lipinski definition) is 1. The predicted molar refractivity (Wildman–Crippen MR) is 62.5 cm³/mol. The molecule has 1 N–H and O–H groups in total. The molecule has 0 amide bonds. The molecule has 1 atom stereocenters. The number of benzene rings is 1. The summed E-state index contributed by atoms with van der Waals surface area (Å²) in [5.41, 5.74) is -3.80.